The van der Waals surface area contributed by atoms with Crippen LogP contribution in [0.15, 0.2) is 54.3 Å². The Morgan fingerprint density at radius 1 is 1.19 bits per heavy atom. The Labute approximate surface area is 157 Å². The van der Waals surface area contributed by atoms with Crippen LogP contribution in [-0.2, 0) is 9.53 Å². The van der Waals surface area contributed by atoms with Crippen LogP contribution in [-0.4, -0.2) is 31.1 Å². The van der Waals surface area contributed by atoms with Gasteiger partial charge in [-0.05, 0) is 48.7 Å². The third-order valence-corrected chi connectivity index (χ3v) is 4.56. The highest BCUT2D eigenvalue weighted by atomic mass is 16.5. The van der Waals surface area contributed by atoms with E-state index in [9.17, 15) is 9.59 Å². The second-order valence-corrected chi connectivity index (χ2v) is 6.53. The Morgan fingerprint density at radius 2 is 2.00 bits per heavy atom. The van der Waals surface area contributed by atoms with Gasteiger partial charge in [-0.15, -0.1) is 0 Å². The van der Waals surface area contributed by atoms with E-state index in [1.165, 1.54) is 0 Å². The van der Waals surface area contributed by atoms with Gasteiger partial charge < -0.3 is 20.1 Å². The summed E-state index contributed by atoms with van der Waals surface area (Å²) in [6.07, 6.45) is 3.80. The first kappa shape index (κ1) is 17.3. The number of para-hydroxylation sites is 2. The number of nitrogens with one attached hydrogen (secondary N) is 2. The molecule has 138 valence electrons. The van der Waals surface area contributed by atoms with Crippen molar-refractivity contribution in [2.24, 2.45) is 0 Å². The molecule has 2 aliphatic rings. The summed E-state index contributed by atoms with van der Waals surface area (Å²) in [6, 6.07) is 14.3. The minimum atomic E-state index is -0.299. The van der Waals surface area contributed by atoms with Crippen molar-refractivity contribution < 1.29 is 19.1 Å². The minimum absolute atomic E-state index is 0.114. The largest absolute Gasteiger partial charge is 0.449 e. The zero-order valence-electron chi connectivity index (χ0n) is 14.7. The summed E-state index contributed by atoms with van der Waals surface area (Å²) in [5, 5.41) is 5.69. The zero-order valence-corrected chi connectivity index (χ0v) is 14.7. The van der Waals surface area contributed by atoms with Gasteiger partial charge in [0.2, 0.25) is 0 Å². The number of anilines is 1. The highest BCUT2D eigenvalue weighted by molar-refractivity contribution is 6.08. The molecule has 6 heteroatoms. The topological polar surface area (TPSA) is 76.7 Å². The lowest BCUT2D eigenvalue weighted by Crippen LogP contribution is -2.31. The summed E-state index contributed by atoms with van der Waals surface area (Å²) in [6.45, 7) is 1.29. The molecule has 0 aliphatic carbocycles. The van der Waals surface area contributed by atoms with Gasteiger partial charge in [-0.3, -0.25) is 9.59 Å². The van der Waals surface area contributed by atoms with Crippen LogP contribution in [0, 0.1) is 0 Å². The van der Waals surface area contributed by atoms with Gasteiger partial charge in [0, 0.05) is 18.7 Å². The van der Waals surface area contributed by atoms with Gasteiger partial charge in [0.1, 0.15) is 0 Å². The third-order valence-electron chi connectivity index (χ3n) is 4.56. The predicted molar refractivity (Wildman–Crippen MR) is 101 cm³/mol. The average molecular weight is 364 g/mol. The molecule has 6 nitrogen and oxygen atoms in total. The summed E-state index contributed by atoms with van der Waals surface area (Å²) in [5.41, 5.74) is 1.99. The summed E-state index contributed by atoms with van der Waals surface area (Å²) < 4.78 is 11.2. The maximum Gasteiger partial charge on any atom is 0.291 e. The van der Waals surface area contributed by atoms with E-state index in [0.717, 1.165) is 25.0 Å². The number of rotatable bonds is 4. The molecule has 2 amide bonds. The molecule has 0 spiro atoms. The second kappa shape index (κ2) is 7.63. The summed E-state index contributed by atoms with van der Waals surface area (Å²) in [4.78, 5) is 24.4. The van der Waals surface area contributed by atoms with E-state index in [0.29, 0.717) is 23.5 Å². The first-order valence-electron chi connectivity index (χ1n) is 8.99. The van der Waals surface area contributed by atoms with Crippen LogP contribution in [0.3, 0.4) is 0 Å². The van der Waals surface area contributed by atoms with E-state index in [1.54, 1.807) is 42.5 Å². The Hall–Kier alpha value is -3.12. The first-order chi connectivity index (χ1) is 13.2. The number of ether oxygens (including phenoxy) is 2. The van der Waals surface area contributed by atoms with Crippen LogP contribution in [0.1, 0.15) is 28.8 Å². The predicted octanol–water partition coefficient (Wildman–Crippen LogP) is 2.97. The fraction of sp³-hybridized carbons (Fsp3) is 0.238. The van der Waals surface area contributed by atoms with Gasteiger partial charge in [-0.2, -0.15) is 0 Å². The van der Waals surface area contributed by atoms with Crippen molar-refractivity contribution in [3.63, 3.8) is 0 Å². The Kier molecular flexibility index (Phi) is 4.89. The number of amides is 2. The van der Waals surface area contributed by atoms with E-state index < -0.39 is 0 Å². The van der Waals surface area contributed by atoms with Crippen molar-refractivity contribution in [2.75, 3.05) is 18.5 Å². The highest BCUT2D eigenvalue weighted by Gasteiger charge is 2.21. The Balaban J connectivity index is 1.42. The first-order valence-corrected chi connectivity index (χ1v) is 8.99. The summed E-state index contributed by atoms with van der Waals surface area (Å²) in [7, 11) is 0. The normalized spacial score (nSPS) is 19.9. The van der Waals surface area contributed by atoms with Crippen molar-refractivity contribution in [3.8, 4) is 5.75 Å². The molecule has 2 N–H and O–H groups in total. The van der Waals surface area contributed by atoms with E-state index in [-0.39, 0.29) is 23.7 Å². The molecule has 4 rings (SSSR count). The van der Waals surface area contributed by atoms with Crippen molar-refractivity contribution in [3.05, 3.63) is 65.4 Å². The third kappa shape index (κ3) is 4.01. The molecule has 1 fully saturated rings. The van der Waals surface area contributed by atoms with Crippen LogP contribution in [0.2, 0.25) is 0 Å². The van der Waals surface area contributed by atoms with E-state index in [1.807, 2.05) is 12.1 Å². The minimum Gasteiger partial charge on any atom is -0.449 e. The molecule has 2 aromatic carbocycles. The molecule has 1 saturated heterocycles. The van der Waals surface area contributed by atoms with Gasteiger partial charge in [0.25, 0.3) is 11.8 Å². The highest BCUT2D eigenvalue weighted by Crippen LogP contribution is 2.30. The van der Waals surface area contributed by atoms with Gasteiger partial charge in [-0.25, -0.2) is 0 Å². The maximum atomic E-state index is 12.2. The van der Waals surface area contributed by atoms with Crippen LogP contribution in [0.4, 0.5) is 5.69 Å². The van der Waals surface area contributed by atoms with Gasteiger partial charge in [0.05, 0.1) is 11.8 Å². The lowest BCUT2D eigenvalue weighted by atomic mass is 10.1. The van der Waals surface area contributed by atoms with E-state index >= 15 is 0 Å². The Morgan fingerprint density at radius 3 is 2.78 bits per heavy atom. The van der Waals surface area contributed by atoms with Gasteiger partial charge >= 0.3 is 0 Å². The molecule has 0 saturated carbocycles. The molecule has 0 radical (unpaired) electrons. The summed E-state index contributed by atoms with van der Waals surface area (Å²) in [5.74, 6) is 0.384. The lowest BCUT2D eigenvalue weighted by molar-refractivity contribution is -0.115. The van der Waals surface area contributed by atoms with E-state index in [4.69, 9.17) is 9.47 Å². The molecule has 27 heavy (non-hydrogen) atoms. The molecule has 0 unspecified atom stereocenters. The summed E-state index contributed by atoms with van der Waals surface area (Å²) >= 11 is 0. The number of benzene rings is 2. The fourth-order valence-electron chi connectivity index (χ4n) is 3.10. The van der Waals surface area contributed by atoms with Crippen LogP contribution >= 0.6 is 0 Å². The molecule has 2 aromatic rings. The number of fused-ring (bicyclic) bond motifs is 1. The molecular weight excluding hydrogens is 344 g/mol. The number of carbonyl (C=O) groups is 2. The van der Waals surface area contributed by atoms with Crippen molar-refractivity contribution in [1.29, 1.82) is 0 Å². The van der Waals surface area contributed by atoms with Crippen molar-refractivity contribution >= 4 is 23.6 Å². The van der Waals surface area contributed by atoms with Crippen molar-refractivity contribution in [1.82, 2.24) is 5.32 Å². The molecule has 2 heterocycles. The van der Waals surface area contributed by atoms with Crippen molar-refractivity contribution in [2.45, 2.75) is 18.9 Å². The smallest absolute Gasteiger partial charge is 0.291 e. The van der Waals surface area contributed by atoms with Crippen LogP contribution in [0.25, 0.3) is 6.08 Å². The number of carbonyl (C=O) groups excluding carboxylic acids is 2. The molecule has 0 bridgehead atoms. The molecule has 0 aromatic heterocycles. The van der Waals surface area contributed by atoms with Gasteiger partial charge in [-0.1, -0.05) is 24.3 Å². The van der Waals surface area contributed by atoms with Crippen LogP contribution in [0.5, 0.6) is 5.75 Å². The maximum absolute atomic E-state index is 12.2. The standard InChI is InChI=1S/C21H20N2O4/c24-20(22-13-16-4-3-11-26-16)15-9-7-14(8-10-15)12-19-21(25)23-17-5-1-2-6-18(17)27-19/h1-2,5-10,12,16H,3-4,11,13H2,(H,22,24)(H,23,25)/b19-12-/t16-/m1/s1. The second-order valence-electron chi connectivity index (χ2n) is 6.53. The SMILES string of the molecule is O=C1Nc2ccccc2O/C1=C\c1ccc(C(=O)NC[C@H]2CCCO2)cc1. The lowest BCUT2D eigenvalue weighted by Gasteiger charge is -2.19. The quantitative estimate of drug-likeness (QED) is 0.818. The zero-order chi connectivity index (χ0) is 18.6. The number of hydrogen-bond acceptors (Lipinski definition) is 4. The Bertz CT molecular complexity index is 883. The van der Waals surface area contributed by atoms with Crippen LogP contribution < -0.4 is 15.4 Å². The monoisotopic (exact) mass is 364 g/mol. The molecule has 2 aliphatic heterocycles. The molecule has 1 atom stereocenters. The molecular formula is C21H20N2O4. The fourth-order valence-corrected chi connectivity index (χ4v) is 3.10. The van der Waals surface area contributed by atoms with E-state index in [2.05, 4.69) is 10.6 Å². The number of hydrogen-bond donors (Lipinski definition) is 2. The average Bonchev–Trinajstić information content (AvgIpc) is 3.21. The van der Waals surface area contributed by atoms with Gasteiger partial charge in [0.15, 0.2) is 11.5 Å².